The number of rotatable bonds is 4. The first-order valence-electron chi connectivity index (χ1n) is 18.1. The van der Waals surface area contributed by atoms with Crippen LogP contribution in [-0.4, -0.2) is 9.97 Å². The highest BCUT2D eigenvalue weighted by atomic mass is 32.1. The lowest BCUT2D eigenvalue weighted by molar-refractivity contribution is 0.660. The van der Waals surface area contributed by atoms with Crippen LogP contribution in [0.3, 0.4) is 0 Å². The Hall–Kier alpha value is -6.36. The number of fused-ring (bicyclic) bond motifs is 8. The molecule has 3 nitrogen and oxygen atoms in total. The standard InChI is InChI=1S/C49H32N2OS/c1-49(2)39-15-7-6-13-35(39)47-36(14-9-16-40(47)49)42-28-41(29-18-20-30(21-19-29)46-27-33-12-5-8-17-45(33)53-46)50-48(51-42)34-22-23-43-37(25-34)38-24-31-10-3-4-11-32(31)26-44(38)52-43/h3-28H,1-2H3. The topological polar surface area (TPSA) is 38.9 Å². The minimum absolute atomic E-state index is 0.111. The lowest BCUT2D eigenvalue weighted by atomic mass is 9.82. The van der Waals surface area contributed by atoms with E-state index in [-0.39, 0.29) is 5.41 Å². The van der Waals surface area contributed by atoms with Crippen molar-refractivity contribution in [2.45, 2.75) is 19.3 Å². The summed E-state index contributed by atoms with van der Waals surface area (Å²) in [5, 5.41) is 5.78. The Morgan fingerprint density at radius 1 is 0.491 bits per heavy atom. The molecule has 11 rings (SSSR count). The van der Waals surface area contributed by atoms with Gasteiger partial charge in [0.2, 0.25) is 0 Å². The minimum Gasteiger partial charge on any atom is -0.456 e. The highest BCUT2D eigenvalue weighted by molar-refractivity contribution is 7.22. The zero-order valence-corrected chi connectivity index (χ0v) is 30.0. The molecule has 0 N–H and O–H groups in total. The molecule has 0 saturated heterocycles. The second-order valence-electron chi connectivity index (χ2n) is 14.6. The number of furan rings is 1. The molecule has 0 spiro atoms. The lowest BCUT2D eigenvalue weighted by Crippen LogP contribution is -2.14. The van der Waals surface area contributed by atoms with Gasteiger partial charge in [-0.1, -0.05) is 123 Å². The summed E-state index contributed by atoms with van der Waals surface area (Å²) >= 11 is 1.83. The van der Waals surface area contributed by atoms with E-state index in [2.05, 4.69) is 172 Å². The van der Waals surface area contributed by atoms with Gasteiger partial charge in [0.25, 0.3) is 0 Å². The molecule has 0 fully saturated rings. The average Bonchev–Trinajstić information content (AvgIpc) is 3.87. The van der Waals surface area contributed by atoms with Crippen molar-refractivity contribution in [3.8, 4) is 55.5 Å². The molecule has 0 bridgehead atoms. The fourth-order valence-electron chi connectivity index (χ4n) is 8.36. The summed E-state index contributed by atoms with van der Waals surface area (Å²) in [6.07, 6.45) is 0. The third-order valence-electron chi connectivity index (χ3n) is 11.1. The quantitative estimate of drug-likeness (QED) is 0.184. The molecule has 0 unspecified atom stereocenters. The van der Waals surface area contributed by atoms with E-state index in [1.54, 1.807) is 0 Å². The maximum atomic E-state index is 6.37. The van der Waals surface area contributed by atoms with Crippen LogP contribution in [0.15, 0.2) is 162 Å². The predicted molar refractivity (Wildman–Crippen MR) is 222 cm³/mol. The van der Waals surface area contributed by atoms with Crippen LogP contribution in [0.5, 0.6) is 0 Å². The number of benzene rings is 7. The van der Waals surface area contributed by atoms with E-state index in [1.165, 1.54) is 53.6 Å². The van der Waals surface area contributed by atoms with Gasteiger partial charge in [0.1, 0.15) is 11.2 Å². The molecule has 0 radical (unpaired) electrons. The second kappa shape index (κ2) is 11.3. The van der Waals surface area contributed by atoms with Crippen molar-refractivity contribution in [2.75, 3.05) is 0 Å². The SMILES string of the molecule is CC1(C)c2ccccc2-c2c(-c3cc(-c4ccc(-c5cc6ccccc6s5)cc4)nc(-c4ccc5oc6cc7ccccc7cc6c5c4)n3)cccc21. The number of thiophene rings is 1. The molecular formula is C49H32N2OS. The average molecular weight is 697 g/mol. The van der Waals surface area contributed by atoms with Gasteiger partial charge in [-0.2, -0.15) is 0 Å². The van der Waals surface area contributed by atoms with Crippen LogP contribution in [0.1, 0.15) is 25.0 Å². The molecule has 53 heavy (non-hydrogen) atoms. The van der Waals surface area contributed by atoms with E-state index in [9.17, 15) is 0 Å². The normalized spacial score (nSPS) is 13.2. The van der Waals surface area contributed by atoms with Gasteiger partial charge < -0.3 is 4.42 Å². The van der Waals surface area contributed by atoms with E-state index in [0.29, 0.717) is 5.82 Å². The van der Waals surface area contributed by atoms with Gasteiger partial charge in [0.05, 0.1) is 11.4 Å². The minimum atomic E-state index is -0.111. The highest BCUT2D eigenvalue weighted by Crippen LogP contribution is 2.52. The monoisotopic (exact) mass is 696 g/mol. The van der Waals surface area contributed by atoms with Gasteiger partial charge in [-0.15, -0.1) is 11.3 Å². The summed E-state index contributed by atoms with van der Waals surface area (Å²) in [4.78, 5) is 11.9. The Balaban J connectivity index is 1.10. The van der Waals surface area contributed by atoms with E-state index in [4.69, 9.17) is 14.4 Å². The van der Waals surface area contributed by atoms with Crippen LogP contribution < -0.4 is 0 Å². The number of hydrogen-bond donors (Lipinski definition) is 0. The second-order valence-corrected chi connectivity index (χ2v) is 15.7. The van der Waals surface area contributed by atoms with E-state index >= 15 is 0 Å². The summed E-state index contributed by atoms with van der Waals surface area (Å²) in [6, 6.07) is 56.5. The molecule has 7 aromatic carbocycles. The Morgan fingerprint density at radius 3 is 2.00 bits per heavy atom. The van der Waals surface area contributed by atoms with E-state index < -0.39 is 0 Å². The van der Waals surface area contributed by atoms with Crippen molar-refractivity contribution in [3.63, 3.8) is 0 Å². The van der Waals surface area contributed by atoms with Crippen molar-refractivity contribution < 1.29 is 4.42 Å². The Labute approximate surface area is 310 Å². The van der Waals surface area contributed by atoms with Crippen molar-refractivity contribution in [1.29, 1.82) is 0 Å². The summed E-state index contributed by atoms with van der Waals surface area (Å²) in [5.74, 6) is 0.686. The molecule has 4 heteroatoms. The van der Waals surface area contributed by atoms with Crippen molar-refractivity contribution in [3.05, 3.63) is 169 Å². The smallest absolute Gasteiger partial charge is 0.160 e. The molecule has 3 aromatic heterocycles. The molecule has 10 aromatic rings. The van der Waals surface area contributed by atoms with Crippen LogP contribution >= 0.6 is 11.3 Å². The molecule has 1 aliphatic rings. The summed E-state index contributed by atoms with van der Waals surface area (Å²) in [6.45, 7) is 4.65. The van der Waals surface area contributed by atoms with Crippen LogP contribution in [0.4, 0.5) is 0 Å². The Morgan fingerprint density at radius 2 is 1.15 bits per heavy atom. The van der Waals surface area contributed by atoms with Gasteiger partial charge in [-0.3, -0.25) is 0 Å². The first-order valence-corrected chi connectivity index (χ1v) is 18.9. The molecule has 250 valence electrons. The summed E-state index contributed by atoms with van der Waals surface area (Å²) in [5.41, 5.74) is 12.9. The summed E-state index contributed by atoms with van der Waals surface area (Å²) in [7, 11) is 0. The van der Waals surface area contributed by atoms with Gasteiger partial charge in [-0.25, -0.2) is 9.97 Å². The van der Waals surface area contributed by atoms with Gasteiger partial charge >= 0.3 is 0 Å². The fraction of sp³-hybridized carbons (Fsp3) is 0.0612. The lowest BCUT2D eigenvalue weighted by Gasteiger charge is -2.21. The van der Waals surface area contributed by atoms with Crippen LogP contribution in [0.25, 0.3) is 98.3 Å². The molecule has 0 atom stereocenters. The van der Waals surface area contributed by atoms with Gasteiger partial charge in [0, 0.05) is 42.5 Å². The zero-order valence-electron chi connectivity index (χ0n) is 29.2. The maximum Gasteiger partial charge on any atom is 0.160 e. The van der Waals surface area contributed by atoms with Crippen LogP contribution in [0.2, 0.25) is 0 Å². The molecule has 0 aliphatic heterocycles. The van der Waals surface area contributed by atoms with Gasteiger partial charge in [0.15, 0.2) is 5.82 Å². The van der Waals surface area contributed by atoms with Crippen LogP contribution in [0, 0.1) is 0 Å². The van der Waals surface area contributed by atoms with Crippen LogP contribution in [-0.2, 0) is 5.41 Å². The number of aromatic nitrogens is 2. The Bertz CT molecular complexity index is 3060. The first-order chi connectivity index (χ1) is 26.0. The third-order valence-corrected chi connectivity index (χ3v) is 12.3. The van der Waals surface area contributed by atoms with E-state index in [1.807, 2.05) is 11.3 Å². The first kappa shape index (κ1) is 30.3. The maximum absolute atomic E-state index is 6.37. The van der Waals surface area contributed by atoms with Crippen molar-refractivity contribution in [1.82, 2.24) is 9.97 Å². The third kappa shape index (κ3) is 4.72. The van der Waals surface area contributed by atoms with Crippen molar-refractivity contribution >= 4 is 54.1 Å². The number of nitrogens with zero attached hydrogens (tertiary/aromatic N) is 2. The Kier molecular flexibility index (Phi) is 6.47. The zero-order chi connectivity index (χ0) is 35.3. The molecule has 0 amide bonds. The molecule has 3 heterocycles. The highest BCUT2D eigenvalue weighted by Gasteiger charge is 2.36. The molecule has 1 aliphatic carbocycles. The fourth-order valence-corrected chi connectivity index (χ4v) is 9.43. The summed E-state index contributed by atoms with van der Waals surface area (Å²) < 4.78 is 7.67. The predicted octanol–water partition coefficient (Wildman–Crippen LogP) is 13.7. The molecular weight excluding hydrogens is 665 g/mol. The van der Waals surface area contributed by atoms with Gasteiger partial charge in [-0.05, 0) is 92.5 Å². The number of hydrogen-bond acceptors (Lipinski definition) is 4. The van der Waals surface area contributed by atoms with E-state index in [0.717, 1.165) is 50.0 Å². The molecule has 0 saturated carbocycles. The van der Waals surface area contributed by atoms with Crippen molar-refractivity contribution in [2.24, 2.45) is 0 Å². The largest absolute Gasteiger partial charge is 0.456 e.